The smallest absolute Gasteiger partial charge is 0.171 e. The summed E-state index contributed by atoms with van der Waals surface area (Å²) in [4.78, 5) is 0. The Morgan fingerprint density at radius 2 is 0.923 bits per heavy atom. The minimum absolute atomic E-state index is 0.0500. The highest BCUT2D eigenvalue weighted by molar-refractivity contribution is 7.85. The van der Waals surface area contributed by atoms with Crippen LogP contribution in [0.2, 0.25) is 0 Å². The number of rotatable bonds is 7. The second kappa shape index (κ2) is 14.6. The van der Waals surface area contributed by atoms with Crippen molar-refractivity contribution in [3.8, 4) is 22.3 Å². The normalized spacial score (nSPS) is 16.1. The molecule has 2 heteroatoms. The van der Waals surface area contributed by atoms with E-state index >= 15 is 4.57 Å². The van der Waals surface area contributed by atoms with Crippen LogP contribution in [0.1, 0.15) is 41.5 Å². The molecule has 0 radical (unpaired) electrons. The van der Waals surface area contributed by atoms with E-state index in [1.165, 1.54) is 92.8 Å². The van der Waals surface area contributed by atoms with Crippen molar-refractivity contribution < 1.29 is 4.57 Å². The highest BCUT2D eigenvalue weighted by Crippen LogP contribution is 2.61. The van der Waals surface area contributed by atoms with Crippen LogP contribution < -0.4 is 21.1 Å². The van der Waals surface area contributed by atoms with Crippen LogP contribution >= 0.6 is 7.14 Å². The van der Waals surface area contributed by atoms with Crippen LogP contribution in [0.5, 0.6) is 0 Å². The topological polar surface area (TPSA) is 17.1 Å². The predicted octanol–water partition coefficient (Wildman–Crippen LogP) is 14.2. The fraction of sp³-hybridized carbons (Fsp3) is 0.0794. The van der Waals surface area contributed by atoms with Gasteiger partial charge >= 0.3 is 0 Å². The van der Waals surface area contributed by atoms with Gasteiger partial charge in [0.1, 0.15) is 0 Å². The van der Waals surface area contributed by atoms with Crippen molar-refractivity contribution in [1.82, 2.24) is 0 Å². The molecule has 0 spiro atoms. The molecule has 0 aromatic heterocycles. The SMILES string of the molecule is CCC1c2cccc3c2c(c2cccc4c(-c5cccc6ccccc56)ccc3c42)=CC1C1(c2ccc(P(=O)(c3ccccc3)c3ccccc3)cc2)c2ccccc2-c2ccccc21. The van der Waals surface area contributed by atoms with Gasteiger partial charge in [-0.15, -0.1) is 0 Å². The maximum absolute atomic E-state index is 15.7. The second-order valence-corrected chi connectivity index (χ2v) is 20.8. The molecule has 2 aliphatic rings. The number of fused-ring (bicyclic) bond motifs is 6. The Morgan fingerprint density at radius 3 is 1.63 bits per heavy atom. The van der Waals surface area contributed by atoms with Crippen molar-refractivity contribution in [2.75, 3.05) is 0 Å². The molecule has 0 heterocycles. The molecule has 13 rings (SSSR count). The van der Waals surface area contributed by atoms with Gasteiger partial charge in [-0.2, -0.15) is 0 Å². The van der Waals surface area contributed by atoms with Gasteiger partial charge in [-0.1, -0.05) is 237 Å². The predicted molar refractivity (Wildman–Crippen MR) is 276 cm³/mol. The van der Waals surface area contributed by atoms with Gasteiger partial charge in [0.25, 0.3) is 0 Å². The van der Waals surface area contributed by atoms with Gasteiger partial charge in [0.05, 0.1) is 5.41 Å². The van der Waals surface area contributed by atoms with Crippen LogP contribution in [0.4, 0.5) is 0 Å². The molecular weight excluding hydrogens is 804 g/mol. The maximum atomic E-state index is 15.7. The van der Waals surface area contributed by atoms with Crippen LogP contribution in [0, 0.1) is 5.92 Å². The zero-order valence-corrected chi connectivity index (χ0v) is 37.1. The summed E-state index contributed by atoms with van der Waals surface area (Å²) >= 11 is 0. The molecule has 0 amide bonds. The molecule has 11 aromatic carbocycles. The average Bonchev–Trinajstić information content (AvgIpc) is 3.68. The van der Waals surface area contributed by atoms with Gasteiger partial charge in [0.2, 0.25) is 0 Å². The molecule has 2 aliphatic carbocycles. The molecule has 308 valence electrons. The Morgan fingerprint density at radius 1 is 0.415 bits per heavy atom. The third-order valence-electron chi connectivity index (χ3n) is 15.1. The monoisotopic (exact) mass is 848 g/mol. The first-order valence-corrected chi connectivity index (χ1v) is 24.7. The van der Waals surface area contributed by atoms with E-state index in [4.69, 9.17) is 0 Å². The van der Waals surface area contributed by atoms with E-state index in [-0.39, 0.29) is 11.8 Å². The Kier molecular flexibility index (Phi) is 8.58. The van der Waals surface area contributed by atoms with Crippen molar-refractivity contribution in [2.24, 2.45) is 5.92 Å². The molecule has 0 saturated carbocycles. The van der Waals surface area contributed by atoms with Crippen LogP contribution in [-0.2, 0) is 9.98 Å². The number of hydrogen-bond acceptors (Lipinski definition) is 1. The molecule has 0 fully saturated rings. The summed E-state index contributed by atoms with van der Waals surface area (Å²) in [6.45, 7) is 2.38. The van der Waals surface area contributed by atoms with E-state index in [9.17, 15) is 0 Å². The highest BCUT2D eigenvalue weighted by Gasteiger charge is 2.52. The van der Waals surface area contributed by atoms with E-state index in [0.717, 1.165) is 22.3 Å². The first-order valence-electron chi connectivity index (χ1n) is 23.0. The highest BCUT2D eigenvalue weighted by atomic mass is 31.2. The van der Waals surface area contributed by atoms with Crippen molar-refractivity contribution >= 4 is 72.2 Å². The van der Waals surface area contributed by atoms with Crippen LogP contribution in [0.25, 0.3) is 71.4 Å². The zero-order chi connectivity index (χ0) is 43.3. The average molecular weight is 849 g/mol. The molecule has 0 aliphatic heterocycles. The van der Waals surface area contributed by atoms with E-state index in [1.807, 2.05) is 60.7 Å². The molecule has 11 aromatic rings. The first-order chi connectivity index (χ1) is 32.1. The second-order valence-electron chi connectivity index (χ2n) is 18.0. The van der Waals surface area contributed by atoms with Gasteiger partial charge in [-0.3, -0.25) is 0 Å². The van der Waals surface area contributed by atoms with Gasteiger partial charge in [0.15, 0.2) is 7.14 Å². The van der Waals surface area contributed by atoms with Crippen LogP contribution in [0.3, 0.4) is 0 Å². The van der Waals surface area contributed by atoms with Crippen LogP contribution in [0.15, 0.2) is 224 Å². The lowest BCUT2D eigenvalue weighted by Crippen LogP contribution is -2.41. The summed E-state index contributed by atoms with van der Waals surface area (Å²) in [5.41, 5.74) is 9.85. The summed E-state index contributed by atoms with van der Waals surface area (Å²) < 4.78 is 15.7. The number of benzene rings is 11. The van der Waals surface area contributed by atoms with Gasteiger partial charge in [-0.25, -0.2) is 0 Å². The number of hydrogen-bond donors (Lipinski definition) is 0. The summed E-state index contributed by atoms with van der Waals surface area (Å²) in [5, 5.41) is 14.3. The van der Waals surface area contributed by atoms with E-state index in [1.54, 1.807) is 0 Å². The first kappa shape index (κ1) is 38.2. The van der Waals surface area contributed by atoms with Crippen molar-refractivity contribution in [2.45, 2.75) is 24.7 Å². The summed E-state index contributed by atoms with van der Waals surface area (Å²) in [6, 6.07) is 81.5. The van der Waals surface area contributed by atoms with Crippen molar-refractivity contribution in [1.29, 1.82) is 0 Å². The summed E-state index contributed by atoms with van der Waals surface area (Å²) in [5.74, 6) is 0.261. The van der Waals surface area contributed by atoms with E-state index in [2.05, 4.69) is 177 Å². The van der Waals surface area contributed by atoms with Crippen LogP contribution in [-0.4, -0.2) is 0 Å². The molecule has 2 atom stereocenters. The fourth-order valence-corrected chi connectivity index (χ4v) is 15.1. The minimum Gasteiger partial charge on any atom is -0.309 e. The van der Waals surface area contributed by atoms with E-state index in [0.29, 0.717) is 0 Å². The van der Waals surface area contributed by atoms with Crippen molar-refractivity contribution in [3.63, 3.8) is 0 Å². The van der Waals surface area contributed by atoms with Crippen molar-refractivity contribution in [3.05, 3.63) is 252 Å². The molecule has 0 saturated heterocycles. The molecule has 0 bridgehead atoms. The molecule has 0 N–H and O–H groups in total. The quantitative estimate of drug-likeness (QED) is 0.0887. The maximum Gasteiger partial charge on any atom is 0.171 e. The Balaban J connectivity index is 1.11. The summed E-state index contributed by atoms with van der Waals surface area (Å²) in [6.07, 6.45) is 3.66. The fourth-order valence-electron chi connectivity index (χ4n) is 12.4. The van der Waals surface area contributed by atoms with Gasteiger partial charge < -0.3 is 4.57 Å². The Hall–Kier alpha value is -7.31. The van der Waals surface area contributed by atoms with Gasteiger partial charge in [-0.05, 0) is 105 Å². The Bertz CT molecular complexity index is 3700. The minimum atomic E-state index is -3.20. The standard InChI is InChI=1S/C63H45OP/c1-2-46-52-28-16-30-54-56-39-38-49(48-27-15-19-41-18-9-10-24-47(41)48)53-29-17-31-55(61(53)56)57(62(52)54)40-60(46)63(58-32-13-11-25-50(58)51-26-12-14-33-59(51)63)42-34-36-45(37-35-42)65(64,43-20-5-3-6-21-43)44-22-7-4-8-23-44/h3-40,46,60H,2H2,1H3. The third-order valence-corrected chi connectivity index (χ3v) is 18.2. The largest absolute Gasteiger partial charge is 0.309 e. The lowest BCUT2D eigenvalue weighted by Gasteiger charge is -2.45. The molecule has 2 unspecified atom stereocenters. The van der Waals surface area contributed by atoms with E-state index < -0.39 is 12.6 Å². The molecular formula is C63H45OP. The molecule has 65 heavy (non-hydrogen) atoms. The molecule has 1 nitrogen and oxygen atoms in total. The third kappa shape index (κ3) is 5.31. The summed E-state index contributed by atoms with van der Waals surface area (Å²) in [7, 11) is -3.20. The van der Waals surface area contributed by atoms with Gasteiger partial charge in [0, 0.05) is 21.8 Å². The zero-order valence-electron chi connectivity index (χ0n) is 36.2. The lowest BCUT2D eigenvalue weighted by atomic mass is 9.57. The Labute approximate surface area is 379 Å². The lowest BCUT2D eigenvalue weighted by molar-refractivity contribution is 0.392.